The number of hydrogen-bond acceptors (Lipinski definition) is 4. The largest absolute Gasteiger partial charge is 0.316 e. The number of anilines is 1. The number of fused-ring (bicyclic) bond motifs is 1. The molecule has 2 aromatic carbocycles. The second kappa shape index (κ2) is 6.54. The fourth-order valence-electron chi connectivity index (χ4n) is 2.57. The Bertz CT molecular complexity index is 1240. The van der Waals surface area contributed by atoms with Crippen molar-refractivity contribution in [3.05, 3.63) is 67.7 Å². The molecule has 0 aliphatic heterocycles. The van der Waals surface area contributed by atoms with Gasteiger partial charge in [-0.15, -0.1) is 0 Å². The van der Waals surface area contributed by atoms with Crippen molar-refractivity contribution < 1.29 is 8.42 Å². The van der Waals surface area contributed by atoms with Crippen molar-refractivity contribution in [2.45, 2.75) is 31.1 Å². The maximum absolute atomic E-state index is 12.7. The van der Waals surface area contributed by atoms with Crippen LogP contribution in [-0.2, 0) is 15.4 Å². The molecule has 142 valence electrons. The summed E-state index contributed by atoms with van der Waals surface area (Å²) in [4.78, 5) is 27.4. The van der Waals surface area contributed by atoms with Crippen LogP contribution in [0.15, 0.2) is 50.9 Å². The molecule has 1 heterocycles. The summed E-state index contributed by atoms with van der Waals surface area (Å²) in [6, 6.07) is 9.54. The first-order valence-electron chi connectivity index (χ1n) is 8.06. The number of nitrogens with one attached hydrogen (secondary N) is 3. The third kappa shape index (κ3) is 3.91. The minimum absolute atomic E-state index is 0.0537. The van der Waals surface area contributed by atoms with Crippen molar-refractivity contribution in [1.29, 1.82) is 0 Å². The lowest BCUT2D eigenvalue weighted by Crippen LogP contribution is -2.29. The smallest absolute Gasteiger partial charge is 0.314 e. The van der Waals surface area contributed by atoms with E-state index in [0.717, 1.165) is 5.56 Å². The SMILES string of the molecule is CC(C)(C)c1ccc(NS(=O)(=O)c2cc3[nH]c(=O)c(=O)[nH]c3cc2Cl)cc1. The van der Waals surface area contributed by atoms with Crippen LogP contribution in [0.2, 0.25) is 5.02 Å². The summed E-state index contributed by atoms with van der Waals surface area (Å²) < 4.78 is 27.9. The number of sulfonamides is 1. The molecule has 0 spiro atoms. The van der Waals surface area contributed by atoms with E-state index in [-0.39, 0.29) is 26.4 Å². The van der Waals surface area contributed by atoms with E-state index in [1.807, 2.05) is 12.1 Å². The van der Waals surface area contributed by atoms with Crippen LogP contribution in [0.3, 0.4) is 0 Å². The average Bonchev–Trinajstić information content (AvgIpc) is 2.55. The summed E-state index contributed by atoms with van der Waals surface area (Å²) in [7, 11) is -4.00. The highest BCUT2D eigenvalue weighted by molar-refractivity contribution is 7.92. The van der Waals surface area contributed by atoms with E-state index in [1.165, 1.54) is 12.1 Å². The average molecular weight is 408 g/mol. The lowest BCUT2D eigenvalue weighted by molar-refractivity contribution is 0.590. The molecule has 3 rings (SSSR count). The van der Waals surface area contributed by atoms with Crippen LogP contribution < -0.4 is 15.8 Å². The molecule has 0 aliphatic rings. The molecule has 0 radical (unpaired) electrons. The van der Waals surface area contributed by atoms with Gasteiger partial charge in [-0.25, -0.2) is 8.42 Å². The molecule has 27 heavy (non-hydrogen) atoms. The van der Waals surface area contributed by atoms with Gasteiger partial charge in [0, 0.05) is 5.69 Å². The number of rotatable bonds is 3. The molecular weight excluding hydrogens is 390 g/mol. The van der Waals surface area contributed by atoms with Crippen molar-refractivity contribution in [2.75, 3.05) is 4.72 Å². The van der Waals surface area contributed by atoms with Gasteiger partial charge < -0.3 is 9.97 Å². The summed E-state index contributed by atoms with van der Waals surface area (Å²) in [5.41, 5.74) is 0.0718. The van der Waals surface area contributed by atoms with Crippen LogP contribution in [0.25, 0.3) is 11.0 Å². The molecule has 0 bridgehead atoms. The van der Waals surface area contributed by atoms with Crippen LogP contribution in [0.4, 0.5) is 5.69 Å². The van der Waals surface area contributed by atoms with Crippen LogP contribution in [-0.4, -0.2) is 18.4 Å². The Hall–Kier alpha value is -2.58. The van der Waals surface area contributed by atoms with Crippen molar-refractivity contribution in [1.82, 2.24) is 9.97 Å². The molecular formula is C18H18ClN3O4S. The maximum atomic E-state index is 12.7. The van der Waals surface area contributed by atoms with Crippen LogP contribution in [0.5, 0.6) is 0 Å². The first-order valence-corrected chi connectivity index (χ1v) is 9.93. The molecule has 7 nitrogen and oxygen atoms in total. The molecule has 0 saturated heterocycles. The summed E-state index contributed by atoms with van der Waals surface area (Å²) in [6.07, 6.45) is 0. The summed E-state index contributed by atoms with van der Waals surface area (Å²) >= 11 is 6.10. The van der Waals surface area contributed by atoms with Gasteiger partial charge in [-0.1, -0.05) is 44.5 Å². The van der Waals surface area contributed by atoms with E-state index in [4.69, 9.17) is 11.6 Å². The van der Waals surface area contributed by atoms with E-state index in [2.05, 4.69) is 35.5 Å². The zero-order valence-corrected chi connectivity index (χ0v) is 16.5. The third-order valence-electron chi connectivity index (χ3n) is 4.07. The Morgan fingerprint density at radius 3 is 1.96 bits per heavy atom. The molecule has 3 N–H and O–H groups in total. The highest BCUT2D eigenvalue weighted by atomic mass is 35.5. The Kier molecular flexibility index (Phi) is 4.65. The second-order valence-electron chi connectivity index (χ2n) is 7.17. The summed E-state index contributed by atoms with van der Waals surface area (Å²) in [5, 5.41) is -0.0796. The number of hydrogen-bond donors (Lipinski definition) is 3. The number of benzene rings is 2. The third-order valence-corrected chi connectivity index (χ3v) is 5.91. The van der Waals surface area contributed by atoms with Crippen LogP contribution in [0, 0.1) is 0 Å². The minimum Gasteiger partial charge on any atom is -0.316 e. The predicted octanol–water partition coefficient (Wildman–Crippen LogP) is 2.97. The van der Waals surface area contributed by atoms with Crippen LogP contribution in [0.1, 0.15) is 26.3 Å². The van der Waals surface area contributed by atoms with Gasteiger partial charge in [0.1, 0.15) is 4.90 Å². The maximum Gasteiger partial charge on any atom is 0.314 e. The van der Waals surface area contributed by atoms with Crippen molar-refractivity contribution in [2.24, 2.45) is 0 Å². The lowest BCUT2D eigenvalue weighted by atomic mass is 9.87. The van der Waals surface area contributed by atoms with Crippen molar-refractivity contribution in [3.8, 4) is 0 Å². The first kappa shape index (κ1) is 19.2. The molecule has 0 unspecified atom stereocenters. The number of aromatic nitrogens is 2. The van der Waals surface area contributed by atoms with Gasteiger partial charge in [0.15, 0.2) is 0 Å². The quantitative estimate of drug-likeness (QED) is 0.579. The number of halogens is 1. The Balaban J connectivity index is 2.02. The molecule has 1 aromatic heterocycles. The van der Waals surface area contributed by atoms with E-state index < -0.39 is 21.1 Å². The number of H-pyrrole nitrogens is 2. The first-order chi connectivity index (χ1) is 12.5. The minimum atomic E-state index is -4.00. The molecule has 9 heteroatoms. The Morgan fingerprint density at radius 1 is 0.926 bits per heavy atom. The molecule has 0 atom stereocenters. The highest BCUT2D eigenvalue weighted by Gasteiger charge is 2.20. The molecule has 0 amide bonds. The van der Waals surface area contributed by atoms with E-state index >= 15 is 0 Å². The zero-order chi connectivity index (χ0) is 20.0. The van der Waals surface area contributed by atoms with Gasteiger partial charge in [0.2, 0.25) is 0 Å². The van der Waals surface area contributed by atoms with Gasteiger partial charge >= 0.3 is 11.1 Å². The van der Waals surface area contributed by atoms with Crippen LogP contribution >= 0.6 is 11.6 Å². The van der Waals surface area contributed by atoms with Crippen molar-refractivity contribution in [3.63, 3.8) is 0 Å². The van der Waals surface area contributed by atoms with E-state index in [0.29, 0.717) is 5.69 Å². The Labute approximate surface area is 160 Å². The standard InChI is InChI=1S/C18H18ClN3O4S/c1-18(2,3)10-4-6-11(7-5-10)22-27(25,26)15-9-14-13(8-12(15)19)20-16(23)17(24)21-14/h4-9,22H,1-3H3,(H,20,23)(H,21,24). The van der Waals surface area contributed by atoms with Gasteiger partial charge in [-0.3, -0.25) is 14.3 Å². The van der Waals surface area contributed by atoms with Crippen molar-refractivity contribution >= 4 is 38.3 Å². The summed E-state index contributed by atoms with van der Waals surface area (Å²) in [5.74, 6) is 0. The fourth-order valence-corrected chi connectivity index (χ4v) is 4.19. The van der Waals surface area contributed by atoms with Gasteiger partial charge in [0.05, 0.1) is 16.1 Å². The fraction of sp³-hybridized carbons (Fsp3) is 0.222. The predicted molar refractivity (Wildman–Crippen MR) is 106 cm³/mol. The topological polar surface area (TPSA) is 112 Å². The lowest BCUT2D eigenvalue weighted by Gasteiger charge is -2.19. The monoisotopic (exact) mass is 407 g/mol. The van der Waals surface area contributed by atoms with E-state index in [9.17, 15) is 18.0 Å². The normalized spacial score (nSPS) is 12.3. The number of aromatic amines is 2. The second-order valence-corrected chi connectivity index (χ2v) is 9.23. The van der Waals surface area contributed by atoms with Gasteiger partial charge in [-0.2, -0.15) is 0 Å². The molecule has 0 fully saturated rings. The summed E-state index contributed by atoms with van der Waals surface area (Å²) in [6.45, 7) is 6.18. The van der Waals surface area contributed by atoms with Gasteiger partial charge in [0.25, 0.3) is 10.0 Å². The zero-order valence-electron chi connectivity index (χ0n) is 14.9. The molecule has 0 saturated carbocycles. The Morgan fingerprint density at radius 2 is 1.44 bits per heavy atom. The molecule has 0 aliphatic carbocycles. The highest BCUT2D eigenvalue weighted by Crippen LogP contribution is 2.28. The van der Waals surface area contributed by atoms with E-state index in [1.54, 1.807) is 12.1 Å². The molecule has 3 aromatic rings. The van der Waals surface area contributed by atoms with Gasteiger partial charge in [-0.05, 0) is 35.2 Å².